The van der Waals surface area contributed by atoms with Crippen molar-refractivity contribution in [3.63, 3.8) is 0 Å². The Morgan fingerprint density at radius 2 is 2.10 bits per heavy atom. The maximum atomic E-state index is 12.4. The van der Waals surface area contributed by atoms with Crippen LogP contribution in [0, 0.1) is 5.92 Å². The minimum absolute atomic E-state index is 0.0681. The molecule has 1 spiro atoms. The molecule has 1 saturated carbocycles. The van der Waals surface area contributed by atoms with Crippen molar-refractivity contribution < 1.29 is 14.3 Å². The average Bonchev–Trinajstić information content (AvgIpc) is 2.51. The summed E-state index contributed by atoms with van der Waals surface area (Å²) in [6, 6.07) is 8.00. The predicted octanol–water partition coefficient (Wildman–Crippen LogP) is 3.55. The van der Waals surface area contributed by atoms with Crippen LogP contribution in [-0.4, -0.2) is 25.1 Å². The molecule has 1 atom stereocenters. The fourth-order valence-electron chi connectivity index (χ4n) is 3.49. The molecule has 0 aromatic heterocycles. The van der Waals surface area contributed by atoms with Crippen molar-refractivity contribution in [1.29, 1.82) is 0 Å². The van der Waals surface area contributed by atoms with E-state index in [1.165, 1.54) is 12.0 Å². The number of hydrogen-bond donors (Lipinski definition) is 0. The Kier molecular flexibility index (Phi) is 4.29. The molecular formula is C18H24O3. The third kappa shape index (κ3) is 3.29. The minimum atomic E-state index is 0.0681. The van der Waals surface area contributed by atoms with Gasteiger partial charge >= 0.3 is 0 Å². The van der Waals surface area contributed by atoms with Crippen LogP contribution in [0.4, 0.5) is 0 Å². The van der Waals surface area contributed by atoms with Gasteiger partial charge in [-0.2, -0.15) is 0 Å². The van der Waals surface area contributed by atoms with Crippen LogP contribution in [0.15, 0.2) is 24.3 Å². The first-order chi connectivity index (χ1) is 10.2. The maximum Gasteiger partial charge on any atom is 0.136 e. The van der Waals surface area contributed by atoms with Crippen molar-refractivity contribution in [1.82, 2.24) is 0 Å². The molecule has 2 aliphatic rings. The van der Waals surface area contributed by atoms with Gasteiger partial charge in [-0.1, -0.05) is 12.1 Å². The van der Waals surface area contributed by atoms with Crippen LogP contribution in [0.25, 0.3) is 0 Å². The fourth-order valence-corrected chi connectivity index (χ4v) is 3.49. The Morgan fingerprint density at radius 1 is 1.33 bits per heavy atom. The van der Waals surface area contributed by atoms with Crippen LogP contribution in [0.2, 0.25) is 0 Å². The van der Waals surface area contributed by atoms with Gasteiger partial charge in [0.05, 0.1) is 12.7 Å². The second-order valence-corrected chi connectivity index (χ2v) is 6.39. The van der Waals surface area contributed by atoms with Crippen molar-refractivity contribution in [2.75, 3.05) is 13.7 Å². The quantitative estimate of drug-likeness (QED) is 0.831. The molecule has 0 N–H and O–H groups in total. The summed E-state index contributed by atoms with van der Waals surface area (Å²) in [4.78, 5) is 12.4. The molecule has 1 heterocycles. The Labute approximate surface area is 126 Å². The molecule has 1 aliphatic carbocycles. The molecule has 3 rings (SSSR count). The largest absolute Gasteiger partial charge is 0.497 e. The Morgan fingerprint density at radius 3 is 2.71 bits per heavy atom. The van der Waals surface area contributed by atoms with Crippen molar-refractivity contribution in [3.8, 4) is 5.75 Å². The molecule has 1 aromatic carbocycles. The molecule has 3 nitrogen and oxygen atoms in total. The zero-order valence-electron chi connectivity index (χ0n) is 12.8. The second kappa shape index (κ2) is 6.18. The van der Waals surface area contributed by atoms with E-state index in [1.54, 1.807) is 7.11 Å². The van der Waals surface area contributed by atoms with Crippen molar-refractivity contribution >= 4 is 5.78 Å². The highest BCUT2D eigenvalue weighted by molar-refractivity contribution is 5.81. The smallest absolute Gasteiger partial charge is 0.136 e. The van der Waals surface area contributed by atoms with E-state index in [0.717, 1.165) is 44.5 Å². The Hall–Kier alpha value is -1.35. The fraction of sp³-hybridized carbons (Fsp3) is 0.611. The molecule has 2 fully saturated rings. The molecule has 1 saturated heterocycles. The maximum absolute atomic E-state index is 12.4. The zero-order chi connectivity index (χ0) is 14.7. The number of aryl methyl sites for hydroxylation is 1. The zero-order valence-corrected chi connectivity index (χ0v) is 12.8. The third-order valence-electron chi connectivity index (χ3n) is 5.03. The number of Topliss-reactive ketones (excluding diaryl/α,β-unsaturated/α-hetero) is 1. The number of carbonyl (C=O) groups is 1. The number of hydrogen-bond acceptors (Lipinski definition) is 3. The molecule has 0 radical (unpaired) electrons. The summed E-state index contributed by atoms with van der Waals surface area (Å²) in [7, 11) is 1.67. The van der Waals surface area contributed by atoms with Gasteiger partial charge in [-0.25, -0.2) is 0 Å². The molecule has 1 aromatic rings. The lowest BCUT2D eigenvalue weighted by atomic mass is 9.71. The van der Waals surface area contributed by atoms with Crippen LogP contribution in [0.5, 0.6) is 5.75 Å². The average molecular weight is 288 g/mol. The standard InChI is InChI=1S/C18H24O3/c1-20-16-6-3-14(4-7-16)5-8-17(19)15-9-12-21-18(13-15)10-2-11-18/h3-4,6-7,15H,2,5,8-13H2,1H3. The first-order valence-electron chi connectivity index (χ1n) is 8.00. The molecule has 0 amide bonds. The van der Waals surface area contributed by atoms with E-state index in [-0.39, 0.29) is 11.5 Å². The van der Waals surface area contributed by atoms with Gasteiger partial charge in [0.1, 0.15) is 11.5 Å². The van der Waals surface area contributed by atoms with E-state index in [4.69, 9.17) is 9.47 Å². The van der Waals surface area contributed by atoms with Gasteiger partial charge in [-0.3, -0.25) is 4.79 Å². The van der Waals surface area contributed by atoms with E-state index in [2.05, 4.69) is 0 Å². The van der Waals surface area contributed by atoms with Gasteiger partial charge in [0, 0.05) is 18.9 Å². The molecule has 114 valence electrons. The Balaban J connectivity index is 1.51. The summed E-state index contributed by atoms with van der Waals surface area (Å²) in [6.07, 6.45) is 6.88. The minimum Gasteiger partial charge on any atom is -0.497 e. The van der Waals surface area contributed by atoms with E-state index >= 15 is 0 Å². The van der Waals surface area contributed by atoms with Crippen molar-refractivity contribution in [2.45, 2.75) is 50.5 Å². The molecule has 1 aliphatic heterocycles. The van der Waals surface area contributed by atoms with E-state index < -0.39 is 0 Å². The van der Waals surface area contributed by atoms with Gasteiger partial charge in [-0.15, -0.1) is 0 Å². The molecular weight excluding hydrogens is 264 g/mol. The number of benzene rings is 1. The third-order valence-corrected chi connectivity index (χ3v) is 5.03. The van der Waals surface area contributed by atoms with E-state index in [0.29, 0.717) is 12.2 Å². The molecule has 21 heavy (non-hydrogen) atoms. The van der Waals surface area contributed by atoms with Crippen molar-refractivity contribution in [3.05, 3.63) is 29.8 Å². The SMILES string of the molecule is COc1ccc(CCC(=O)C2CCOC3(CCC3)C2)cc1. The Bertz CT molecular complexity index is 488. The van der Waals surface area contributed by atoms with Gasteiger partial charge in [0.2, 0.25) is 0 Å². The van der Waals surface area contributed by atoms with Crippen LogP contribution in [0.1, 0.15) is 44.1 Å². The normalized spacial score (nSPS) is 23.6. The second-order valence-electron chi connectivity index (χ2n) is 6.39. The lowest BCUT2D eigenvalue weighted by Crippen LogP contribution is -2.47. The van der Waals surface area contributed by atoms with Gasteiger partial charge < -0.3 is 9.47 Å². The summed E-state index contributed by atoms with van der Waals surface area (Å²) in [5, 5.41) is 0. The summed E-state index contributed by atoms with van der Waals surface area (Å²) < 4.78 is 11.1. The summed E-state index contributed by atoms with van der Waals surface area (Å²) in [5.74, 6) is 1.50. The topological polar surface area (TPSA) is 35.5 Å². The van der Waals surface area contributed by atoms with Gasteiger partial charge in [0.25, 0.3) is 0 Å². The van der Waals surface area contributed by atoms with Gasteiger partial charge in [-0.05, 0) is 56.2 Å². The molecule has 1 unspecified atom stereocenters. The van der Waals surface area contributed by atoms with Gasteiger partial charge in [0.15, 0.2) is 0 Å². The molecule has 3 heteroatoms. The highest BCUT2D eigenvalue weighted by Gasteiger charge is 2.43. The van der Waals surface area contributed by atoms with Crippen molar-refractivity contribution in [2.24, 2.45) is 5.92 Å². The van der Waals surface area contributed by atoms with Crippen LogP contribution < -0.4 is 4.74 Å². The first kappa shape index (κ1) is 14.6. The summed E-state index contributed by atoms with van der Waals surface area (Å²) >= 11 is 0. The number of ether oxygens (including phenoxy) is 2. The number of methoxy groups -OCH3 is 1. The summed E-state index contributed by atoms with van der Waals surface area (Å²) in [5.41, 5.74) is 1.27. The lowest BCUT2D eigenvalue weighted by Gasteiger charge is -2.46. The highest BCUT2D eigenvalue weighted by Crippen LogP contribution is 2.44. The summed E-state index contributed by atoms with van der Waals surface area (Å²) in [6.45, 7) is 0.763. The number of ketones is 1. The predicted molar refractivity (Wildman–Crippen MR) is 81.6 cm³/mol. The van der Waals surface area contributed by atoms with E-state index in [1.807, 2.05) is 24.3 Å². The number of carbonyl (C=O) groups excluding carboxylic acids is 1. The molecule has 0 bridgehead atoms. The monoisotopic (exact) mass is 288 g/mol. The highest BCUT2D eigenvalue weighted by atomic mass is 16.5. The van der Waals surface area contributed by atoms with Crippen LogP contribution in [-0.2, 0) is 16.0 Å². The lowest BCUT2D eigenvalue weighted by molar-refractivity contribution is -0.155. The first-order valence-corrected chi connectivity index (χ1v) is 8.00. The van der Waals surface area contributed by atoms with E-state index in [9.17, 15) is 4.79 Å². The number of rotatable bonds is 5. The van der Waals surface area contributed by atoms with Crippen LogP contribution >= 0.6 is 0 Å². The van der Waals surface area contributed by atoms with Crippen LogP contribution in [0.3, 0.4) is 0 Å².